The molecule has 6 nitrogen and oxygen atoms in total. The summed E-state index contributed by atoms with van der Waals surface area (Å²) < 4.78 is 14.0. The monoisotopic (exact) mass is 398 g/mol. The van der Waals surface area contributed by atoms with Crippen LogP contribution in [0.25, 0.3) is 0 Å². The highest BCUT2D eigenvalue weighted by Crippen LogP contribution is 2.28. The molecule has 0 aliphatic carbocycles. The van der Waals surface area contributed by atoms with E-state index in [1.807, 2.05) is 12.1 Å². The summed E-state index contributed by atoms with van der Waals surface area (Å²) in [4.78, 5) is 14.2. The molecule has 1 aliphatic rings. The molecule has 0 bridgehead atoms. The smallest absolute Gasteiger partial charge is 0.157 e. The van der Waals surface area contributed by atoms with Crippen LogP contribution in [-0.2, 0) is 6.42 Å². The van der Waals surface area contributed by atoms with Crippen LogP contribution in [0.2, 0.25) is 0 Å². The molecule has 0 saturated carbocycles. The van der Waals surface area contributed by atoms with Crippen molar-refractivity contribution in [2.75, 3.05) is 53.6 Å². The van der Waals surface area contributed by atoms with Crippen LogP contribution in [0, 0.1) is 5.82 Å². The van der Waals surface area contributed by atoms with Crippen LogP contribution in [0.1, 0.15) is 4.88 Å². The van der Waals surface area contributed by atoms with Gasteiger partial charge in [-0.2, -0.15) is 0 Å². The maximum atomic E-state index is 14.0. The highest BCUT2D eigenvalue weighted by atomic mass is 32.1. The van der Waals surface area contributed by atoms with Crippen LogP contribution in [0.3, 0.4) is 0 Å². The molecule has 3 aromatic rings. The SMILES string of the molecule is Nc1c(NCCc2cccs2)ncnc1N1CCN(c2ccccc2F)CC1. The Morgan fingerprint density at radius 3 is 2.57 bits per heavy atom. The average Bonchev–Trinajstić information content (AvgIpc) is 3.24. The molecule has 1 aliphatic heterocycles. The zero-order chi connectivity index (χ0) is 19.3. The van der Waals surface area contributed by atoms with Gasteiger partial charge in [0.2, 0.25) is 0 Å². The number of rotatable bonds is 6. The molecule has 0 unspecified atom stereocenters. The van der Waals surface area contributed by atoms with Gasteiger partial charge in [0.15, 0.2) is 11.6 Å². The number of nitrogens with two attached hydrogens (primary N) is 1. The third kappa shape index (κ3) is 4.01. The molecular weight excluding hydrogens is 375 g/mol. The van der Waals surface area contributed by atoms with Crippen molar-refractivity contribution in [2.45, 2.75) is 6.42 Å². The van der Waals surface area contributed by atoms with E-state index in [0.29, 0.717) is 30.3 Å². The number of nitrogens with zero attached hydrogens (tertiary/aromatic N) is 4. The van der Waals surface area contributed by atoms with Gasteiger partial charge in [0.1, 0.15) is 17.8 Å². The highest BCUT2D eigenvalue weighted by Gasteiger charge is 2.22. The topological polar surface area (TPSA) is 70.3 Å². The molecule has 2 aromatic heterocycles. The van der Waals surface area contributed by atoms with Gasteiger partial charge in [0, 0.05) is 37.6 Å². The summed E-state index contributed by atoms with van der Waals surface area (Å²) in [5, 5.41) is 5.39. The van der Waals surface area contributed by atoms with Gasteiger partial charge in [0.25, 0.3) is 0 Å². The minimum Gasteiger partial charge on any atom is -0.393 e. The third-order valence-corrected chi connectivity index (χ3v) is 5.82. The first kappa shape index (κ1) is 18.5. The molecule has 0 atom stereocenters. The minimum atomic E-state index is -0.185. The molecule has 4 rings (SSSR count). The molecule has 8 heteroatoms. The van der Waals surface area contributed by atoms with E-state index < -0.39 is 0 Å². The van der Waals surface area contributed by atoms with Crippen LogP contribution < -0.4 is 20.9 Å². The second kappa shape index (κ2) is 8.43. The largest absolute Gasteiger partial charge is 0.393 e. The van der Waals surface area contributed by atoms with Crippen molar-refractivity contribution >= 4 is 34.3 Å². The molecule has 3 heterocycles. The molecule has 0 amide bonds. The average molecular weight is 399 g/mol. The summed E-state index contributed by atoms with van der Waals surface area (Å²) in [6.45, 7) is 3.65. The van der Waals surface area contributed by atoms with Crippen LogP contribution >= 0.6 is 11.3 Å². The van der Waals surface area contributed by atoms with Crippen molar-refractivity contribution in [3.63, 3.8) is 0 Å². The molecule has 3 N–H and O–H groups in total. The molecule has 1 fully saturated rings. The number of hydrogen-bond acceptors (Lipinski definition) is 7. The molecular formula is C20H23FN6S. The highest BCUT2D eigenvalue weighted by molar-refractivity contribution is 7.09. The van der Waals surface area contributed by atoms with Gasteiger partial charge in [-0.1, -0.05) is 18.2 Å². The first-order valence-corrected chi connectivity index (χ1v) is 10.2. The van der Waals surface area contributed by atoms with Crippen molar-refractivity contribution in [1.82, 2.24) is 9.97 Å². The van der Waals surface area contributed by atoms with E-state index in [4.69, 9.17) is 5.73 Å². The van der Waals surface area contributed by atoms with Crippen molar-refractivity contribution in [2.24, 2.45) is 0 Å². The van der Waals surface area contributed by atoms with E-state index in [-0.39, 0.29) is 5.82 Å². The van der Waals surface area contributed by atoms with E-state index >= 15 is 0 Å². The Balaban J connectivity index is 1.39. The van der Waals surface area contributed by atoms with Gasteiger partial charge >= 0.3 is 0 Å². The number of halogens is 1. The van der Waals surface area contributed by atoms with E-state index in [9.17, 15) is 4.39 Å². The fraction of sp³-hybridized carbons (Fsp3) is 0.300. The number of nitrogens with one attached hydrogen (secondary N) is 1. The molecule has 1 aromatic carbocycles. The first-order chi connectivity index (χ1) is 13.7. The maximum Gasteiger partial charge on any atom is 0.157 e. The molecule has 0 spiro atoms. The normalized spacial score (nSPS) is 14.3. The number of hydrogen-bond donors (Lipinski definition) is 2. The summed E-state index contributed by atoms with van der Waals surface area (Å²) in [5.41, 5.74) is 7.55. The Morgan fingerprint density at radius 1 is 1.04 bits per heavy atom. The number of nitrogen functional groups attached to an aromatic ring is 1. The number of aromatic nitrogens is 2. The Morgan fingerprint density at radius 2 is 1.82 bits per heavy atom. The zero-order valence-electron chi connectivity index (χ0n) is 15.5. The van der Waals surface area contributed by atoms with Crippen molar-refractivity contribution in [1.29, 1.82) is 0 Å². The predicted octanol–water partition coefficient (Wildman–Crippen LogP) is 3.24. The summed E-state index contributed by atoms with van der Waals surface area (Å²) in [5.74, 6) is 1.22. The third-order valence-electron chi connectivity index (χ3n) is 4.88. The molecule has 1 saturated heterocycles. The van der Waals surface area contributed by atoms with E-state index in [2.05, 4.69) is 42.6 Å². The van der Waals surface area contributed by atoms with Gasteiger partial charge < -0.3 is 20.9 Å². The van der Waals surface area contributed by atoms with Gasteiger partial charge in [-0.25, -0.2) is 14.4 Å². The first-order valence-electron chi connectivity index (χ1n) is 9.33. The summed E-state index contributed by atoms with van der Waals surface area (Å²) in [7, 11) is 0. The Hall–Kier alpha value is -2.87. The maximum absolute atomic E-state index is 14.0. The number of benzene rings is 1. The van der Waals surface area contributed by atoms with Crippen LogP contribution in [0.4, 0.5) is 27.4 Å². The van der Waals surface area contributed by atoms with Gasteiger partial charge in [0.05, 0.1) is 5.69 Å². The predicted molar refractivity (Wildman–Crippen MR) is 114 cm³/mol. The van der Waals surface area contributed by atoms with E-state index in [1.54, 1.807) is 23.7 Å². The Kier molecular flexibility index (Phi) is 5.57. The zero-order valence-corrected chi connectivity index (χ0v) is 16.3. The van der Waals surface area contributed by atoms with Crippen LogP contribution in [0.5, 0.6) is 0 Å². The lowest BCUT2D eigenvalue weighted by Crippen LogP contribution is -2.47. The standard InChI is InChI=1S/C20H23FN6S/c21-16-5-1-2-6-17(16)26-9-11-27(12-10-26)20-18(22)19(24-14-25-20)23-8-7-15-4-3-13-28-15/h1-6,13-14H,7-12,22H2,(H,23,24,25). The quantitative estimate of drug-likeness (QED) is 0.664. The van der Waals surface area contributed by atoms with Gasteiger partial charge in [-0.05, 0) is 30.0 Å². The Bertz CT molecular complexity index is 909. The molecule has 0 radical (unpaired) electrons. The Labute approximate surface area is 167 Å². The number of anilines is 4. The van der Waals surface area contributed by atoms with E-state index in [1.165, 1.54) is 10.9 Å². The van der Waals surface area contributed by atoms with Crippen LogP contribution in [0.15, 0.2) is 48.1 Å². The van der Waals surface area contributed by atoms with Gasteiger partial charge in [-0.3, -0.25) is 0 Å². The van der Waals surface area contributed by atoms with Crippen molar-refractivity contribution in [3.8, 4) is 0 Å². The molecule has 28 heavy (non-hydrogen) atoms. The minimum absolute atomic E-state index is 0.185. The summed E-state index contributed by atoms with van der Waals surface area (Å²) in [6.07, 6.45) is 2.47. The molecule has 146 valence electrons. The lowest BCUT2D eigenvalue weighted by molar-refractivity contribution is 0.596. The second-order valence-corrected chi connectivity index (χ2v) is 7.67. The van der Waals surface area contributed by atoms with Crippen LogP contribution in [-0.4, -0.2) is 42.7 Å². The fourth-order valence-electron chi connectivity index (χ4n) is 3.41. The fourth-order valence-corrected chi connectivity index (χ4v) is 4.11. The second-order valence-electron chi connectivity index (χ2n) is 6.64. The summed E-state index contributed by atoms with van der Waals surface area (Å²) >= 11 is 1.74. The van der Waals surface area contributed by atoms with E-state index in [0.717, 1.165) is 31.9 Å². The number of para-hydroxylation sites is 1. The number of thiophene rings is 1. The van der Waals surface area contributed by atoms with Crippen molar-refractivity contribution in [3.05, 3.63) is 58.8 Å². The van der Waals surface area contributed by atoms with Crippen molar-refractivity contribution < 1.29 is 4.39 Å². The summed E-state index contributed by atoms with van der Waals surface area (Å²) in [6, 6.07) is 11.1. The van der Waals surface area contributed by atoms with Gasteiger partial charge in [-0.15, -0.1) is 11.3 Å². The lowest BCUT2D eigenvalue weighted by Gasteiger charge is -2.37. The lowest BCUT2D eigenvalue weighted by atomic mass is 10.2. The number of piperazine rings is 1.